The summed E-state index contributed by atoms with van der Waals surface area (Å²) >= 11 is 0. The van der Waals surface area contributed by atoms with Gasteiger partial charge in [-0.1, -0.05) is 56.9 Å². The van der Waals surface area contributed by atoms with Crippen LogP contribution in [0, 0.1) is 0 Å². The Morgan fingerprint density at radius 3 is 2.16 bits per heavy atom. The first-order chi connectivity index (χ1) is 17.4. The van der Waals surface area contributed by atoms with Crippen LogP contribution in [0.15, 0.2) is 36.5 Å². The third-order valence-corrected chi connectivity index (χ3v) is 5.61. The van der Waals surface area contributed by atoms with E-state index in [1.54, 1.807) is 30.5 Å². The Morgan fingerprint density at radius 2 is 1.54 bits per heavy atom. The SMILES string of the molecule is CCCCCCCc1ccnc(-c2ccc(CCC(=O)OC(F)C(F)(F)C(F)(F)C(F)C(F)F)cc2)n1. The third-order valence-electron chi connectivity index (χ3n) is 5.61. The molecule has 12 heteroatoms. The number of aromatic nitrogens is 2. The Hall–Kier alpha value is -2.79. The molecular weight excluding hydrogens is 512 g/mol. The lowest BCUT2D eigenvalue weighted by Crippen LogP contribution is -2.56. The van der Waals surface area contributed by atoms with Crippen LogP contribution >= 0.6 is 0 Å². The molecule has 4 nitrogen and oxygen atoms in total. The second-order valence-electron chi connectivity index (χ2n) is 8.52. The number of hydrogen-bond acceptors (Lipinski definition) is 4. The number of unbranched alkanes of at least 4 members (excludes halogenated alkanes) is 4. The number of nitrogens with zero attached hydrogens (tertiary/aromatic N) is 2. The molecule has 0 saturated heterocycles. The van der Waals surface area contributed by atoms with Gasteiger partial charge in [0.2, 0.25) is 6.17 Å². The van der Waals surface area contributed by atoms with E-state index in [4.69, 9.17) is 0 Å². The van der Waals surface area contributed by atoms with Crippen LogP contribution in [-0.4, -0.2) is 46.7 Å². The summed E-state index contributed by atoms with van der Waals surface area (Å²) < 4.78 is 108. The summed E-state index contributed by atoms with van der Waals surface area (Å²) in [6.45, 7) is 2.14. The second-order valence-corrected chi connectivity index (χ2v) is 8.52. The van der Waals surface area contributed by atoms with Gasteiger partial charge in [-0.2, -0.15) is 22.0 Å². The van der Waals surface area contributed by atoms with Crippen LogP contribution in [0.1, 0.15) is 56.7 Å². The largest absolute Gasteiger partial charge is 0.424 e. The van der Waals surface area contributed by atoms with E-state index in [1.165, 1.54) is 12.8 Å². The van der Waals surface area contributed by atoms with Gasteiger partial charge < -0.3 is 4.74 Å². The molecule has 2 atom stereocenters. The van der Waals surface area contributed by atoms with E-state index in [9.17, 15) is 39.9 Å². The molecule has 0 N–H and O–H groups in total. The van der Waals surface area contributed by atoms with Crippen molar-refractivity contribution in [1.82, 2.24) is 9.97 Å². The summed E-state index contributed by atoms with van der Waals surface area (Å²) in [7, 11) is 0. The highest BCUT2D eigenvalue weighted by Gasteiger charge is 2.70. The lowest BCUT2D eigenvalue weighted by atomic mass is 10.1. The summed E-state index contributed by atoms with van der Waals surface area (Å²) in [5.74, 6) is -13.2. The number of alkyl halides is 8. The number of hydrogen-bond donors (Lipinski definition) is 0. The number of carbonyl (C=O) groups excluding carboxylic acids is 1. The maximum atomic E-state index is 13.6. The van der Waals surface area contributed by atoms with Crippen LogP contribution in [0.4, 0.5) is 35.1 Å². The summed E-state index contributed by atoms with van der Waals surface area (Å²) in [5, 5.41) is 0. The topological polar surface area (TPSA) is 52.1 Å². The Balaban J connectivity index is 1.91. The molecule has 206 valence electrons. The number of esters is 1. The van der Waals surface area contributed by atoms with Crippen LogP contribution in [-0.2, 0) is 22.4 Å². The Morgan fingerprint density at radius 1 is 0.892 bits per heavy atom. The Labute approximate surface area is 209 Å². The normalized spacial score (nSPS) is 14.0. The summed E-state index contributed by atoms with van der Waals surface area (Å²) in [4.78, 5) is 20.4. The van der Waals surface area contributed by atoms with Crippen LogP contribution < -0.4 is 0 Å². The zero-order valence-electron chi connectivity index (χ0n) is 20.1. The van der Waals surface area contributed by atoms with Gasteiger partial charge in [-0.3, -0.25) is 4.79 Å². The lowest BCUT2D eigenvalue weighted by molar-refractivity contribution is -0.313. The van der Waals surface area contributed by atoms with Crippen molar-refractivity contribution in [2.75, 3.05) is 0 Å². The molecule has 0 aliphatic rings. The lowest BCUT2D eigenvalue weighted by Gasteiger charge is -2.30. The molecule has 37 heavy (non-hydrogen) atoms. The summed E-state index contributed by atoms with van der Waals surface area (Å²) in [6.07, 6.45) is -6.17. The zero-order chi connectivity index (χ0) is 27.6. The Kier molecular flexibility index (Phi) is 11.2. The van der Waals surface area contributed by atoms with Crippen LogP contribution in [0.3, 0.4) is 0 Å². The maximum Gasteiger partial charge on any atom is 0.378 e. The molecule has 2 rings (SSSR count). The first-order valence-electron chi connectivity index (χ1n) is 11.8. The van der Waals surface area contributed by atoms with Crippen molar-refractivity contribution in [2.24, 2.45) is 0 Å². The molecule has 1 aromatic carbocycles. The van der Waals surface area contributed by atoms with E-state index in [1.807, 2.05) is 6.07 Å². The molecule has 0 spiro atoms. The molecule has 2 unspecified atom stereocenters. The van der Waals surface area contributed by atoms with Gasteiger partial charge in [-0.05, 0) is 30.9 Å². The number of aryl methyl sites for hydroxylation is 2. The first kappa shape index (κ1) is 30.4. The van der Waals surface area contributed by atoms with Gasteiger partial charge in [0.1, 0.15) is 0 Å². The molecule has 0 aliphatic heterocycles. The van der Waals surface area contributed by atoms with Crippen molar-refractivity contribution in [3.63, 3.8) is 0 Å². The molecule has 0 saturated carbocycles. The van der Waals surface area contributed by atoms with Crippen molar-refractivity contribution in [3.8, 4) is 11.4 Å². The highest BCUT2D eigenvalue weighted by atomic mass is 19.3. The van der Waals surface area contributed by atoms with Crippen LogP contribution in [0.2, 0.25) is 0 Å². The fourth-order valence-electron chi connectivity index (χ4n) is 3.39. The van der Waals surface area contributed by atoms with E-state index in [0.717, 1.165) is 31.4 Å². The van der Waals surface area contributed by atoms with E-state index in [-0.39, 0.29) is 6.42 Å². The predicted octanol–water partition coefficient (Wildman–Crippen LogP) is 7.30. The van der Waals surface area contributed by atoms with E-state index < -0.39 is 43.2 Å². The van der Waals surface area contributed by atoms with Gasteiger partial charge in [0, 0.05) is 23.9 Å². The van der Waals surface area contributed by atoms with Gasteiger partial charge in [0.05, 0.1) is 0 Å². The van der Waals surface area contributed by atoms with Crippen molar-refractivity contribution in [2.45, 2.75) is 89.1 Å². The van der Waals surface area contributed by atoms with Gasteiger partial charge in [0.25, 0.3) is 6.43 Å². The van der Waals surface area contributed by atoms with Crippen LogP contribution in [0.25, 0.3) is 11.4 Å². The molecular formula is C25H28F8N2O2. The highest BCUT2D eigenvalue weighted by Crippen LogP contribution is 2.44. The molecule has 0 bridgehead atoms. The van der Waals surface area contributed by atoms with Gasteiger partial charge >= 0.3 is 24.2 Å². The van der Waals surface area contributed by atoms with Crippen molar-refractivity contribution < 1.29 is 44.7 Å². The first-order valence-corrected chi connectivity index (χ1v) is 11.8. The quantitative estimate of drug-likeness (QED) is 0.135. The average Bonchev–Trinajstić information content (AvgIpc) is 2.87. The minimum Gasteiger partial charge on any atom is -0.424 e. The predicted molar refractivity (Wildman–Crippen MR) is 120 cm³/mol. The van der Waals surface area contributed by atoms with E-state index in [0.29, 0.717) is 17.0 Å². The molecule has 0 radical (unpaired) electrons. The smallest absolute Gasteiger partial charge is 0.378 e. The van der Waals surface area contributed by atoms with Crippen molar-refractivity contribution >= 4 is 5.97 Å². The molecule has 2 aromatic rings. The minimum absolute atomic E-state index is 0.130. The molecule has 1 aromatic heterocycles. The highest BCUT2D eigenvalue weighted by molar-refractivity contribution is 5.70. The number of halogens is 8. The molecule has 0 aliphatic carbocycles. The number of rotatable bonds is 15. The molecule has 0 fully saturated rings. The molecule has 0 amide bonds. The van der Waals surface area contributed by atoms with Gasteiger partial charge in [-0.25, -0.2) is 23.1 Å². The van der Waals surface area contributed by atoms with E-state index in [2.05, 4.69) is 21.6 Å². The zero-order valence-corrected chi connectivity index (χ0v) is 20.1. The number of benzene rings is 1. The second kappa shape index (κ2) is 13.7. The van der Waals surface area contributed by atoms with Crippen LogP contribution in [0.5, 0.6) is 0 Å². The fourth-order valence-corrected chi connectivity index (χ4v) is 3.39. The Bertz CT molecular complexity index is 989. The van der Waals surface area contributed by atoms with E-state index >= 15 is 0 Å². The number of carbonyl (C=O) groups is 1. The summed E-state index contributed by atoms with van der Waals surface area (Å²) in [5.41, 5.74) is 2.07. The molecule has 1 heterocycles. The third kappa shape index (κ3) is 8.36. The average molecular weight is 540 g/mol. The monoisotopic (exact) mass is 540 g/mol. The standard InChI is InChI=1S/C25H28F8N2O2/c1-2-3-4-5-6-7-18-14-15-34-22(35-18)17-11-8-16(9-12-17)10-13-19(36)37-23(29)25(32,33)24(30,31)20(26)21(27)28/h8-9,11-12,14-15,20-21,23H,2-7,10,13H2,1H3. The van der Waals surface area contributed by atoms with Crippen molar-refractivity contribution in [3.05, 3.63) is 47.8 Å². The van der Waals surface area contributed by atoms with Gasteiger partial charge in [0.15, 0.2) is 5.82 Å². The van der Waals surface area contributed by atoms with Gasteiger partial charge in [-0.15, -0.1) is 0 Å². The fraction of sp³-hybridized carbons (Fsp3) is 0.560. The number of ether oxygens (including phenoxy) is 1. The van der Waals surface area contributed by atoms with Crippen molar-refractivity contribution in [1.29, 1.82) is 0 Å². The maximum absolute atomic E-state index is 13.6. The summed E-state index contributed by atoms with van der Waals surface area (Å²) in [6, 6.07) is 8.30. The minimum atomic E-state index is -6.09.